The molecule has 2 aromatic rings. The van der Waals surface area contributed by atoms with Crippen molar-refractivity contribution in [3.05, 3.63) is 40.7 Å². The van der Waals surface area contributed by atoms with Crippen LogP contribution in [0.5, 0.6) is 0 Å². The van der Waals surface area contributed by atoms with Crippen LogP contribution in [0.4, 0.5) is 0 Å². The summed E-state index contributed by atoms with van der Waals surface area (Å²) in [6.45, 7) is 3.44. The minimum Gasteiger partial charge on any atom is -0.468 e. The van der Waals surface area contributed by atoms with Gasteiger partial charge in [0.25, 0.3) is 0 Å². The largest absolute Gasteiger partial charge is 0.468 e. The van der Waals surface area contributed by atoms with E-state index >= 15 is 0 Å². The maximum absolute atomic E-state index is 13.1. The third-order valence-corrected chi connectivity index (χ3v) is 4.93. The number of ether oxygens (including phenoxy) is 1. The van der Waals surface area contributed by atoms with Crippen LogP contribution in [0.1, 0.15) is 37.3 Å². The molecule has 11 heteroatoms. The highest BCUT2D eigenvalue weighted by Crippen LogP contribution is 2.37. The quantitative estimate of drug-likeness (QED) is 0.689. The number of nitrogens with zero attached hydrogens (tertiary/aromatic N) is 5. The molecule has 0 radical (unpaired) electrons. The maximum atomic E-state index is 13.1. The molecule has 3 rings (SSSR count). The number of benzene rings is 1. The van der Waals surface area contributed by atoms with Gasteiger partial charge in [0, 0.05) is 5.02 Å². The third-order valence-electron chi connectivity index (χ3n) is 4.68. The van der Waals surface area contributed by atoms with Crippen molar-refractivity contribution in [2.45, 2.75) is 32.5 Å². The Balaban J connectivity index is 2.04. The topological polar surface area (TPSA) is 119 Å². The molecule has 1 aliphatic rings. The van der Waals surface area contributed by atoms with Crippen LogP contribution in [0.15, 0.2) is 24.3 Å². The minimum absolute atomic E-state index is 0.0767. The first-order chi connectivity index (χ1) is 13.8. The highest BCUT2D eigenvalue weighted by atomic mass is 35.5. The predicted octanol–water partition coefficient (Wildman–Crippen LogP) is 0.896. The molecule has 2 atom stereocenters. The molecule has 10 nitrogen and oxygen atoms in total. The fourth-order valence-electron chi connectivity index (χ4n) is 3.36. The SMILES string of the molecule is COC(=O)CNC(=O)C(c1ccc(Cl)cc1)N1C(=O)Cn2nnnc2C1C(C)C. The Bertz CT molecular complexity index is 913. The monoisotopic (exact) mass is 420 g/mol. The first-order valence-electron chi connectivity index (χ1n) is 9.00. The number of aromatic nitrogens is 4. The van der Waals surface area contributed by atoms with E-state index in [0.717, 1.165) is 0 Å². The highest BCUT2D eigenvalue weighted by Gasteiger charge is 2.44. The number of halogens is 1. The Morgan fingerprint density at radius 3 is 2.62 bits per heavy atom. The molecule has 0 bridgehead atoms. The molecule has 1 aromatic heterocycles. The summed E-state index contributed by atoms with van der Waals surface area (Å²) in [4.78, 5) is 39.1. The standard InChI is InChI=1S/C18H21ClN6O4/c1-10(2)15-17-21-22-23-24(17)9-13(26)25(15)16(11-4-6-12(19)7-5-11)18(28)20-8-14(27)29-3/h4-7,10,15-16H,8-9H2,1-3H3,(H,20,28). The van der Waals surface area contributed by atoms with E-state index in [-0.39, 0.29) is 24.9 Å². The molecule has 1 aliphatic heterocycles. The second-order valence-electron chi connectivity index (χ2n) is 6.93. The first kappa shape index (κ1) is 20.7. The number of hydrogen-bond acceptors (Lipinski definition) is 7. The molecule has 1 N–H and O–H groups in total. The Labute approximate surface area is 172 Å². The molecule has 2 unspecified atom stereocenters. The normalized spacial score (nSPS) is 17.1. The van der Waals surface area contributed by atoms with Gasteiger partial charge in [0.05, 0.1) is 13.2 Å². The highest BCUT2D eigenvalue weighted by molar-refractivity contribution is 6.30. The number of methoxy groups -OCH3 is 1. The van der Waals surface area contributed by atoms with Crippen molar-refractivity contribution < 1.29 is 19.1 Å². The number of amides is 2. The van der Waals surface area contributed by atoms with Gasteiger partial charge in [0.15, 0.2) is 5.82 Å². The molecule has 0 fully saturated rings. The number of fused-ring (bicyclic) bond motifs is 1. The van der Waals surface area contributed by atoms with E-state index in [0.29, 0.717) is 16.4 Å². The second kappa shape index (κ2) is 8.56. The van der Waals surface area contributed by atoms with Crippen LogP contribution in [0, 0.1) is 5.92 Å². The summed E-state index contributed by atoms with van der Waals surface area (Å²) in [7, 11) is 1.23. The second-order valence-corrected chi connectivity index (χ2v) is 7.37. The van der Waals surface area contributed by atoms with Gasteiger partial charge < -0.3 is 15.0 Å². The van der Waals surface area contributed by atoms with Crippen molar-refractivity contribution in [1.82, 2.24) is 30.4 Å². The minimum atomic E-state index is -0.998. The molecule has 1 aromatic carbocycles. The summed E-state index contributed by atoms with van der Waals surface area (Å²) in [5.74, 6) is -0.997. The van der Waals surface area contributed by atoms with Crippen LogP contribution >= 0.6 is 11.6 Å². The first-order valence-corrected chi connectivity index (χ1v) is 9.38. The zero-order valence-electron chi connectivity index (χ0n) is 16.2. The van der Waals surface area contributed by atoms with Gasteiger partial charge in [-0.15, -0.1) is 5.10 Å². The van der Waals surface area contributed by atoms with Crippen molar-refractivity contribution >= 4 is 29.4 Å². The molecule has 0 aliphatic carbocycles. The van der Waals surface area contributed by atoms with E-state index in [1.165, 1.54) is 16.7 Å². The lowest BCUT2D eigenvalue weighted by Crippen LogP contribution is -2.51. The van der Waals surface area contributed by atoms with Gasteiger partial charge in [-0.3, -0.25) is 14.4 Å². The maximum Gasteiger partial charge on any atom is 0.325 e. The number of rotatable bonds is 6. The summed E-state index contributed by atoms with van der Waals surface area (Å²) in [5, 5.41) is 14.6. The fraction of sp³-hybridized carbons (Fsp3) is 0.444. The van der Waals surface area contributed by atoms with Crippen LogP contribution in [-0.2, 0) is 25.7 Å². The van der Waals surface area contributed by atoms with Crippen LogP contribution in [0.2, 0.25) is 5.02 Å². The van der Waals surface area contributed by atoms with E-state index in [9.17, 15) is 14.4 Å². The molecule has 154 valence electrons. The molecule has 0 saturated heterocycles. The Kier molecular flexibility index (Phi) is 6.12. The van der Waals surface area contributed by atoms with Crippen LogP contribution < -0.4 is 5.32 Å². The summed E-state index contributed by atoms with van der Waals surface area (Å²) < 4.78 is 6.02. The van der Waals surface area contributed by atoms with Gasteiger partial charge in [0.1, 0.15) is 19.1 Å². The lowest BCUT2D eigenvalue weighted by atomic mass is 9.94. The van der Waals surface area contributed by atoms with E-state index < -0.39 is 24.0 Å². The zero-order chi connectivity index (χ0) is 21.1. The Hall–Kier alpha value is -3.01. The van der Waals surface area contributed by atoms with Gasteiger partial charge in [-0.25, -0.2) is 4.68 Å². The number of esters is 1. The van der Waals surface area contributed by atoms with Crippen molar-refractivity contribution in [2.24, 2.45) is 5.92 Å². The average molecular weight is 421 g/mol. The van der Waals surface area contributed by atoms with Gasteiger partial charge in [-0.05, 0) is 34.0 Å². The smallest absolute Gasteiger partial charge is 0.325 e. The van der Waals surface area contributed by atoms with Crippen LogP contribution in [0.3, 0.4) is 0 Å². The van der Waals surface area contributed by atoms with Gasteiger partial charge in [-0.2, -0.15) is 0 Å². The number of nitrogens with one attached hydrogen (secondary N) is 1. The van der Waals surface area contributed by atoms with E-state index in [1.807, 2.05) is 13.8 Å². The third kappa shape index (κ3) is 4.21. The lowest BCUT2D eigenvalue weighted by Gasteiger charge is -2.41. The number of tetrazole rings is 1. The molecule has 0 spiro atoms. The van der Waals surface area contributed by atoms with Crippen molar-refractivity contribution in [3.63, 3.8) is 0 Å². The van der Waals surface area contributed by atoms with Gasteiger partial charge >= 0.3 is 5.97 Å². The summed E-state index contributed by atoms with van der Waals surface area (Å²) in [6.07, 6.45) is 0. The van der Waals surface area contributed by atoms with Crippen molar-refractivity contribution in [1.29, 1.82) is 0 Å². The molecule has 0 saturated carbocycles. The molecule has 29 heavy (non-hydrogen) atoms. The Morgan fingerprint density at radius 2 is 2.00 bits per heavy atom. The lowest BCUT2D eigenvalue weighted by molar-refractivity contribution is -0.149. The fourth-order valence-corrected chi connectivity index (χ4v) is 3.49. The van der Waals surface area contributed by atoms with Crippen LogP contribution in [0.25, 0.3) is 0 Å². The van der Waals surface area contributed by atoms with E-state index in [1.54, 1.807) is 24.3 Å². The average Bonchev–Trinajstić information content (AvgIpc) is 3.15. The summed E-state index contributed by atoms with van der Waals surface area (Å²) >= 11 is 5.99. The van der Waals surface area contributed by atoms with Crippen molar-refractivity contribution in [3.8, 4) is 0 Å². The summed E-state index contributed by atoms with van der Waals surface area (Å²) in [5.41, 5.74) is 0.552. The van der Waals surface area contributed by atoms with Gasteiger partial charge in [0.2, 0.25) is 11.8 Å². The predicted molar refractivity (Wildman–Crippen MR) is 101 cm³/mol. The number of carbonyl (C=O) groups excluding carboxylic acids is 3. The van der Waals surface area contributed by atoms with E-state index in [2.05, 4.69) is 25.6 Å². The molecule has 2 heterocycles. The number of carbonyl (C=O) groups is 3. The Morgan fingerprint density at radius 1 is 1.31 bits per heavy atom. The van der Waals surface area contributed by atoms with E-state index in [4.69, 9.17) is 11.6 Å². The van der Waals surface area contributed by atoms with Gasteiger partial charge in [-0.1, -0.05) is 37.6 Å². The molecular formula is C18H21ClN6O4. The zero-order valence-corrected chi connectivity index (χ0v) is 17.0. The number of hydrogen-bond donors (Lipinski definition) is 1. The summed E-state index contributed by atoms with van der Waals surface area (Å²) in [6, 6.07) is 5.10. The van der Waals surface area contributed by atoms with Crippen LogP contribution in [-0.4, -0.2) is 56.5 Å². The molecule has 2 amide bonds. The molecular weight excluding hydrogens is 400 g/mol. The van der Waals surface area contributed by atoms with Crippen molar-refractivity contribution in [2.75, 3.05) is 13.7 Å².